The first-order chi connectivity index (χ1) is 10.6. The summed E-state index contributed by atoms with van der Waals surface area (Å²) < 4.78 is 23.9. The molecule has 22 heavy (non-hydrogen) atoms. The lowest BCUT2D eigenvalue weighted by atomic mass is 10.1. The summed E-state index contributed by atoms with van der Waals surface area (Å²) in [7, 11) is 1.27. The van der Waals surface area contributed by atoms with E-state index in [4.69, 9.17) is 4.74 Å². The number of methoxy groups -OCH3 is 1. The van der Waals surface area contributed by atoms with Crippen LogP contribution in [0.1, 0.15) is 18.4 Å². The third-order valence-electron chi connectivity index (χ3n) is 3.68. The highest BCUT2D eigenvalue weighted by Gasteiger charge is 2.15. The van der Waals surface area contributed by atoms with E-state index in [0.29, 0.717) is 37.5 Å². The Bertz CT molecular complexity index is 537. The number of hydrogen-bond acceptors (Lipinski definition) is 5. The summed E-state index contributed by atoms with van der Waals surface area (Å²) >= 11 is 0. The summed E-state index contributed by atoms with van der Waals surface area (Å²) in [6, 6.07) is 4.44. The van der Waals surface area contributed by atoms with Gasteiger partial charge in [0.1, 0.15) is 24.0 Å². The first kappa shape index (κ1) is 16.4. The highest BCUT2D eigenvalue weighted by molar-refractivity contribution is 5.79. The van der Waals surface area contributed by atoms with E-state index in [1.54, 1.807) is 6.07 Å². The number of carbonyl (C=O) groups excluding carboxylic acids is 2. The molecule has 0 unspecified atom stereocenters. The average molecular weight is 309 g/mol. The number of ketones is 1. The minimum Gasteiger partial charge on any atom is -0.492 e. The lowest BCUT2D eigenvalue weighted by Crippen LogP contribution is -2.36. The molecule has 1 fully saturated rings. The molecule has 0 amide bonds. The van der Waals surface area contributed by atoms with Gasteiger partial charge in [0.25, 0.3) is 0 Å². The van der Waals surface area contributed by atoms with Gasteiger partial charge in [0.15, 0.2) is 0 Å². The Kier molecular flexibility index (Phi) is 5.89. The normalized spacial score (nSPS) is 15.6. The first-order valence-electron chi connectivity index (χ1n) is 7.30. The largest absolute Gasteiger partial charge is 0.492 e. The Hall–Kier alpha value is -1.95. The van der Waals surface area contributed by atoms with Gasteiger partial charge in [-0.3, -0.25) is 14.5 Å². The number of Topliss-reactive ketones (excluding diaryl/α,β-unsaturated/α-hetero) is 1. The summed E-state index contributed by atoms with van der Waals surface area (Å²) in [4.78, 5) is 24.4. The van der Waals surface area contributed by atoms with Crippen molar-refractivity contribution in [2.24, 2.45) is 0 Å². The van der Waals surface area contributed by atoms with Crippen molar-refractivity contribution in [3.05, 3.63) is 29.6 Å². The van der Waals surface area contributed by atoms with Gasteiger partial charge in [0.05, 0.1) is 13.5 Å². The van der Waals surface area contributed by atoms with Crippen LogP contribution in [0.15, 0.2) is 18.2 Å². The predicted octanol–water partition coefficient (Wildman–Crippen LogP) is 1.58. The molecular weight excluding hydrogens is 289 g/mol. The molecule has 0 bridgehead atoms. The van der Waals surface area contributed by atoms with Crippen LogP contribution in [0.4, 0.5) is 4.39 Å². The molecule has 2 rings (SSSR count). The van der Waals surface area contributed by atoms with E-state index in [0.717, 1.165) is 13.1 Å². The molecule has 0 aromatic heterocycles. The van der Waals surface area contributed by atoms with Gasteiger partial charge < -0.3 is 9.47 Å². The van der Waals surface area contributed by atoms with Gasteiger partial charge in [-0.1, -0.05) is 6.07 Å². The van der Waals surface area contributed by atoms with Gasteiger partial charge in [-0.2, -0.15) is 0 Å². The number of likely N-dealkylation sites (tertiary alicyclic amines) is 1. The zero-order chi connectivity index (χ0) is 15.9. The molecule has 0 spiro atoms. The second-order valence-corrected chi connectivity index (χ2v) is 5.23. The van der Waals surface area contributed by atoms with E-state index in [1.165, 1.54) is 19.2 Å². The highest BCUT2D eigenvalue weighted by Crippen LogP contribution is 2.17. The molecule has 0 aliphatic carbocycles. The third-order valence-corrected chi connectivity index (χ3v) is 3.68. The van der Waals surface area contributed by atoms with Gasteiger partial charge in [0, 0.05) is 38.5 Å². The number of benzene rings is 1. The van der Waals surface area contributed by atoms with Crippen LogP contribution in [-0.4, -0.2) is 50.0 Å². The van der Waals surface area contributed by atoms with Crippen LogP contribution in [0.5, 0.6) is 5.75 Å². The molecule has 0 saturated carbocycles. The van der Waals surface area contributed by atoms with Crippen LogP contribution >= 0.6 is 0 Å². The molecule has 0 atom stereocenters. The molecule has 5 nitrogen and oxygen atoms in total. The maximum absolute atomic E-state index is 13.8. The van der Waals surface area contributed by atoms with Gasteiger partial charge in [-0.25, -0.2) is 4.39 Å². The standard InChI is InChI=1S/C16H20FNO4/c1-21-16(20)10-12-2-3-14(11-15(12)17)22-9-8-18-6-4-13(19)5-7-18/h2-3,11H,4-10H2,1H3. The Balaban J connectivity index is 1.79. The van der Waals surface area contributed by atoms with E-state index in [-0.39, 0.29) is 12.0 Å². The van der Waals surface area contributed by atoms with Gasteiger partial charge in [0.2, 0.25) is 0 Å². The maximum Gasteiger partial charge on any atom is 0.310 e. The van der Waals surface area contributed by atoms with Crippen LogP contribution in [0.3, 0.4) is 0 Å². The summed E-state index contributed by atoms with van der Waals surface area (Å²) in [6.07, 6.45) is 1.10. The fourth-order valence-electron chi connectivity index (χ4n) is 2.31. The molecule has 0 radical (unpaired) electrons. The lowest BCUT2D eigenvalue weighted by Gasteiger charge is -2.25. The summed E-state index contributed by atoms with van der Waals surface area (Å²) in [6.45, 7) is 2.66. The van der Waals surface area contributed by atoms with Gasteiger partial charge in [-0.15, -0.1) is 0 Å². The highest BCUT2D eigenvalue weighted by atomic mass is 19.1. The van der Waals surface area contributed by atoms with Crippen molar-refractivity contribution in [1.29, 1.82) is 0 Å². The van der Waals surface area contributed by atoms with Crippen LogP contribution in [0.25, 0.3) is 0 Å². The number of hydrogen-bond donors (Lipinski definition) is 0. The molecule has 1 aromatic carbocycles. The number of ether oxygens (including phenoxy) is 2. The lowest BCUT2D eigenvalue weighted by molar-refractivity contribution is -0.139. The Morgan fingerprint density at radius 3 is 2.68 bits per heavy atom. The van der Waals surface area contributed by atoms with Crippen LogP contribution in [0, 0.1) is 5.82 Å². The van der Waals surface area contributed by atoms with Crippen LogP contribution in [-0.2, 0) is 20.7 Å². The SMILES string of the molecule is COC(=O)Cc1ccc(OCCN2CCC(=O)CC2)cc1F. The number of carbonyl (C=O) groups is 2. The third kappa shape index (κ3) is 4.80. The Morgan fingerprint density at radius 1 is 1.32 bits per heavy atom. The van der Waals surface area contributed by atoms with E-state index in [2.05, 4.69) is 9.64 Å². The first-order valence-corrected chi connectivity index (χ1v) is 7.30. The summed E-state index contributed by atoms with van der Waals surface area (Å²) in [5, 5.41) is 0. The van der Waals surface area contributed by atoms with Crippen molar-refractivity contribution in [2.45, 2.75) is 19.3 Å². The minimum atomic E-state index is -0.480. The van der Waals surface area contributed by atoms with E-state index < -0.39 is 11.8 Å². The summed E-state index contributed by atoms with van der Waals surface area (Å²) in [5.74, 6) is -0.224. The maximum atomic E-state index is 13.8. The number of halogens is 1. The molecule has 1 aromatic rings. The minimum absolute atomic E-state index is 0.0928. The van der Waals surface area contributed by atoms with Crippen molar-refractivity contribution in [2.75, 3.05) is 33.4 Å². The second kappa shape index (κ2) is 7.89. The second-order valence-electron chi connectivity index (χ2n) is 5.23. The van der Waals surface area contributed by atoms with Crippen molar-refractivity contribution in [3.63, 3.8) is 0 Å². The molecule has 6 heteroatoms. The van der Waals surface area contributed by atoms with Gasteiger partial charge >= 0.3 is 5.97 Å². The number of piperidine rings is 1. The fraction of sp³-hybridized carbons (Fsp3) is 0.500. The molecule has 1 aliphatic rings. The number of esters is 1. The molecular formula is C16H20FNO4. The summed E-state index contributed by atoms with van der Waals surface area (Å²) in [5.41, 5.74) is 0.286. The zero-order valence-electron chi connectivity index (χ0n) is 12.6. The smallest absolute Gasteiger partial charge is 0.310 e. The Morgan fingerprint density at radius 2 is 2.05 bits per heavy atom. The van der Waals surface area contributed by atoms with Crippen molar-refractivity contribution in [3.8, 4) is 5.75 Å². The molecule has 0 N–H and O–H groups in total. The monoisotopic (exact) mass is 309 g/mol. The van der Waals surface area contributed by atoms with E-state index in [1.807, 2.05) is 0 Å². The Labute approximate surface area is 129 Å². The van der Waals surface area contributed by atoms with Crippen molar-refractivity contribution in [1.82, 2.24) is 4.90 Å². The van der Waals surface area contributed by atoms with Crippen molar-refractivity contribution < 1.29 is 23.5 Å². The van der Waals surface area contributed by atoms with Crippen LogP contribution < -0.4 is 4.74 Å². The van der Waals surface area contributed by atoms with Crippen LogP contribution in [0.2, 0.25) is 0 Å². The van der Waals surface area contributed by atoms with Crippen molar-refractivity contribution >= 4 is 11.8 Å². The molecule has 1 saturated heterocycles. The number of rotatable bonds is 6. The topological polar surface area (TPSA) is 55.8 Å². The molecule has 1 aliphatic heterocycles. The quantitative estimate of drug-likeness (QED) is 0.747. The predicted molar refractivity (Wildman–Crippen MR) is 78.3 cm³/mol. The number of nitrogens with zero attached hydrogens (tertiary/aromatic N) is 1. The van der Waals surface area contributed by atoms with Gasteiger partial charge in [-0.05, 0) is 11.6 Å². The molecule has 120 valence electrons. The zero-order valence-corrected chi connectivity index (χ0v) is 12.6. The fourth-order valence-corrected chi connectivity index (χ4v) is 2.31. The van der Waals surface area contributed by atoms with E-state index >= 15 is 0 Å². The van der Waals surface area contributed by atoms with E-state index in [9.17, 15) is 14.0 Å². The molecule has 1 heterocycles. The average Bonchev–Trinajstić information content (AvgIpc) is 2.51.